The lowest BCUT2D eigenvalue weighted by Crippen LogP contribution is -2.51. The van der Waals surface area contributed by atoms with Gasteiger partial charge in [-0.15, -0.1) is 6.58 Å². The van der Waals surface area contributed by atoms with Gasteiger partial charge in [-0.1, -0.05) is 126 Å². The van der Waals surface area contributed by atoms with Crippen molar-refractivity contribution in [2.45, 2.75) is 153 Å². The molecule has 0 aromatic heterocycles. The van der Waals surface area contributed by atoms with Crippen LogP contribution in [-0.2, 0) is 9.59 Å². The second-order valence-electron chi connectivity index (χ2n) is 17.8. The number of anilines is 1. The monoisotopic (exact) mass is 781 g/mol. The van der Waals surface area contributed by atoms with E-state index in [9.17, 15) is 14.4 Å². The SMILES string of the molecule is C=C(C(N)=O)C(CC1CC1)NC(=C)C1[C@H]2C[C@H]2CN1C(=O)CC(NC(=O)NC)C(C)(C)C.C=C(C)CC[C@@H](C)CC(C)(C)C.CC.CC.CNc1ccccc1. The molecule has 3 fully saturated rings. The minimum atomic E-state index is -0.507. The molecule has 4 rings (SSSR count). The van der Waals surface area contributed by atoms with Crippen molar-refractivity contribution >= 4 is 23.5 Å². The number of hydrogen-bond donors (Lipinski definition) is 5. The van der Waals surface area contributed by atoms with E-state index in [0.717, 1.165) is 43.0 Å². The number of allylic oxidation sites excluding steroid dienone is 1. The third kappa shape index (κ3) is 20.4. The van der Waals surface area contributed by atoms with E-state index < -0.39 is 5.91 Å². The number of nitrogens with zero attached hydrogens (tertiary/aromatic N) is 1. The first-order chi connectivity index (χ1) is 26.2. The van der Waals surface area contributed by atoms with E-state index in [1.807, 2.05) is 90.7 Å². The summed E-state index contributed by atoms with van der Waals surface area (Å²) in [5.74, 6) is 1.80. The van der Waals surface area contributed by atoms with E-state index in [1.54, 1.807) is 7.05 Å². The van der Waals surface area contributed by atoms with Crippen molar-refractivity contribution in [2.75, 3.05) is 26.0 Å². The van der Waals surface area contributed by atoms with Gasteiger partial charge in [0.1, 0.15) is 0 Å². The number of carbonyl (C=O) groups excluding carboxylic acids is 3. The second kappa shape index (κ2) is 25.5. The third-order valence-electron chi connectivity index (χ3n) is 10.2. The first kappa shape index (κ1) is 52.2. The Kier molecular flexibility index (Phi) is 23.8. The van der Waals surface area contributed by atoms with Crippen molar-refractivity contribution in [1.82, 2.24) is 20.9 Å². The molecule has 6 N–H and O–H groups in total. The van der Waals surface area contributed by atoms with Crippen LogP contribution < -0.4 is 27.0 Å². The highest BCUT2D eigenvalue weighted by Gasteiger charge is 2.55. The molecule has 0 radical (unpaired) electrons. The summed E-state index contributed by atoms with van der Waals surface area (Å²) in [5, 5.41) is 11.9. The van der Waals surface area contributed by atoms with Gasteiger partial charge in [-0.2, -0.15) is 0 Å². The summed E-state index contributed by atoms with van der Waals surface area (Å²) in [5.41, 5.74) is 9.31. The van der Waals surface area contributed by atoms with E-state index in [2.05, 4.69) is 75.6 Å². The van der Waals surface area contributed by atoms with E-state index in [1.165, 1.54) is 24.8 Å². The Morgan fingerprint density at radius 1 is 0.929 bits per heavy atom. The zero-order chi connectivity index (χ0) is 43.4. The Bertz CT molecular complexity index is 1360. The van der Waals surface area contributed by atoms with Crippen LogP contribution in [0.15, 0.2) is 66.9 Å². The molecule has 56 heavy (non-hydrogen) atoms. The summed E-state index contributed by atoms with van der Waals surface area (Å²) in [7, 11) is 3.48. The van der Waals surface area contributed by atoms with Gasteiger partial charge in [0.05, 0.1) is 12.1 Å². The highest BCUT2D eigenvalue weighted by atomic mass is 16.2. The Morgan fingerprint density at radius 3 is 1.93 bits per heavy atom. The largest absolute Gasteiger partial charge is 0.388 e. The van der Waals surface area contributed by atoms with Gasteiger partial charge in [0.2, 0.25) is 11.8 Å². The van der Waals surface area contributed by atoms with E-state index in [0.29, 0.717) is 35.3 Å². The van der Waals surface area contributed by atoms with Gasteiger partial charge in [0, 0.05) is 50.1 Å². The molecular weight excluding hydrogens is 697 g/mol. The number of nitrogens with two attached hydrogens (primary N) is 1. The predicted octanol–water partition coefficient (Wildman–Crippen LogP) is 10.1. The van der Waals surface area contributed by atoms with Crippen LogP contribution in [0.3, 0.4) is 0 Å². The predicted molar refractivity (Wildman–Crippen MR) is 240 cm³/mol. The van der Waals surface area contributed by atoms with Crippen LogP contribution in [-0.4, -0.2) is 61.5 Å². The lowest BCUT2D eigenvalue weighted by molar-refractivity contribution is -0.133. The molecule has 2 aliphatic carbocycles. The lowest BCUT2D eigenvalue weighted by Gasteiger charge is -2.36. The molecule has 320 valence electrons. The fraction of sp³-hybridized carbons (Fsp3) is 0.681. The minimum absolute atomic E-state index is 0.00829. The number of piperidine rings is 1. The first-order valence-electron chi connectivity index (χ1n) is 21.3. The van der Waals surface area contributed by atoms with Gasteiger partial charge in [-0.05, 0) is 85.7 Å². The second-order valence-corrected chi connectivity index (χ2v) is 17.8. The molecule has 6 atom stereocenters. The summed E-state index contributed by atoms with van der Waals surface area (Å²) >= 11 is 0. The first-order valence-corrected chi connectivity index (χ1v) is 21.3. The molecule has 1 aromatic rings. The molecule has 2 saturated carbocycles. The molecule has 1 saturated heterocycles. The van der Waals surface area contributed by atoms with Gasteiger partial charge in [-0.25, -0.2) is 4.79 Å². The van der Waals surface area contributed by atoms with Crippen LogP contribution in [0.1, 0.15) is 134 Å². The number of carbonyl (C=O) groups is 3. The van der Waals surface area contributed by atoms with E-state index in [-0.39, 0.29) is 41.9 Å². The number of primary amides is 1. The summed E-state index contributed by atoms with van der Waals surface area (Å²) in [4.78, 5) is 39.0. The average Bonchev–Trinajstić information content (AvgIpc) is 4.08. The van der Waals surface area contributed by atoms with Crippen LogP contribution in [0.25, 0.3) is 0 Å². The van der Waals surface area contributed by atoms with Gasteiger partial charge in [0.25, 0.3) is 0 Å². The van der Waals surface area contributed by atoms with Crippen molar-refractivity contribution in [3.63, 3.8) is 0 Å². The fourth-order valence-corrected chi connectivity index (χ4v) is 6.97. The molecule has 3 aliphatic rings. The summed E-state index contributed by atoms with van der Waals surface area (Å²) in [6, 6.07) is 9.11. The summed E-state index contributed by atoms with van der Waals surface area (Å²) < 4.78 is 0. The third-order valence-corrected chi connectivity index (χ3v) is 10.2. The average molecular weight is 781 g/mol. The number of fused-ring (bicyclic) bond motifs is 1. The number of nitrogens with one attached hydrogen (secondary N) is 4. The number of amides is 4. The van der Waals surface area contributed by atoms with Crippen LogP contribution in [0, 0.1) is 34.5 Å². The van der Waals surface area contributed by atoms with Crippen molar-refractivity contribution in [3.8, 4) is 0 Å². The van der Waals surface area contributed by atoms with E-state index >= 15 is 0 Å². The number of benzene rings is 1. The van der Waals surface area contributed by atoms with Gasteiger partial charge >= 0.3 is 6.03 Å². The molecule has 1 aliphatic heterocycles. The normalized spacial score (nSPS) is 19.3. The number of rotatable bonds is 15. The molecule has 4 amide bonds. The van der Waals surface area contributed by atoms with Crippen molar-refractivity contribution < 1.29 is 14.4 Å². The smallest absolute Gasteiger partial charge is 0.314 e. The van der Waals surface area contributed by atoms with Gasteiger partial charge in [0.15, 0.2) is 0 Å². The fourth-order valence-electron chi connectivity index (χ4n) is 6.97. The van der Waals surface area contributed by atoms with Crippen LogP contribution >= 0.6 is 0 Å². The van der Waals surface area contributed by atoms with Crippen molar-refractivity contribution in [2.24, 2.45) is 40.2 Å². The molecule has 1 aromatic carbocycles. The Balaban J connectivity index is 0.00000103. The maximum atomic E-state index is 13.4. The minimum Gasteiger partial charge on any atom is -0.388 e. The molecule has 0 spiro atoms. The zero-order valence-corrected chi connectivity index (χ0v) is 38.2. The number of para-hydroxylation sites is 1. The molecule has 9 heteroatoms. The standard InChI is InChI=1S/C24H39N5O3.C12H24.C7H9N.2C2H6/c1-13(22(25)31)18(9-15-7-8-15)27-14(2)21-17-10-16(17)12-29(21)20(30)11-19(24(3,4)5)28-23(32)26-6;1-10(2)7-8-11(3)9-12(4,5)6;1-8-7-5-3-2-4-6-7;2*1-2/h15-19,21,27H,1-2,7-12H2,3-6H3,(H2,25,31)(H2,26,28,32);11H,1,7-9H2,2-6H3;2-6,8H,1H3;2*1-2H3/t16-,17-,18?,19?,21?;11-;;;/m01.../s1. The maximum absolute atomic E-state index is 13.4. The van der Waals surface area contributed by atoms with Crippen LogP contribution in [0.2, 0.25) is 0 Å². The molecule has 3 unspecified atom stereocenters. The quantitative estimate of drug-likeness (QED) is 0.0894. The van der Waals surface area contributed by atoms with Crippen LogP contribution in [0.5, 0.6) is 0 Å². The van der Waals surface area contributed by atoms with Gasteiger partial charge in [-0.3, -0.25) is 9.59 Å². The Morgan fingerprint density at radius 2 is 1.50 bits per heavy atom. The summed E-state index contributed by atoms with van der Waals surface area (Å²) in [6.07, 6.45) is 8.23. The molecule has 1 heterocycles. The number of urea groups is 1. The van der Waals surface area contributed by atoms with Crippen molar-refractivity contribution in [3.05, 3.63) is 66.9 Å². The summed E-state index contributed by atoms with van der Waals surface area (Å²) in [6.45, 7) is 38.2. The van der Waals surface area contributed by atoms with Gasteiger partial charge < -0.3 is 31.9 Å². The van der Waals surface area contributed by atoms with Crippen LogP contribution in [0.4, 0.5) is 10.5 Å². The highest BCUT2D eigenvalue weighted by Crippen LogP contribution is 2.51. The zero-order valence-electron chi connectivity index (χ0n) is 38.2. The van der Waals surface area contributed by atoms with E-state index in [4.69, 9.17) is 5.73 Å². The lowest BCUT2D eigenvalue weighted by atomic mass is 9.83. The molecular formula is C47H84N6O3. The Hall–Kier alpha value is -3.75. The highest BCUT2D eigenvalue weighted by molar-refractivity contribution is 5.92. The Labute approximate surface area is 343 Å². The maximum Gasteiger partial charge on any atom is 0.314 e. The number of hydrogen-bond acceptors (Lipinski definition) is 5. The molecule has 9 nitrogen and oxygen atoms in total. The molecule has 0 bridgehead atoms. The number of likely N-dealkylation sites (tertiary alicyclic amines) is 1. The van der Waals surface area contributed by atoms with Crippen molar-refractivity contribution in [1.29, 1.82) is 0 Å². The topological polar surface area (TPSA) is 129 Å².